The van der Waals surface area contributed by atoms with Crippen LogP contribution >= 0.6 is 0 Å². The average Bonchev–Trinajstić information content (AvgIpc) is 3.49. The first-order chi connectivity index (χ1) is 13.0. The number of benzene rings is 1. The molecule has 6 atom stereocenters. The molecule has 4 aliphatic rings. The summed E-state index contributed by atoms with van der Waals surface area (Å²) in [5.74, 6) is 0.347. The van der Waals surface area contributed by atoms with Crippen molar-refractivity contribution in [3.8, 4) is 11.5 Å². The van der Waals surface area contributed by atoms with E-state index in [9.17, 15) is 14.7 Å². The first-order valence-electron chi connectivity index (χ1n) is 9.45. The Balaban J connectivity index is 1.39. The molecule has 0 heterocycles. The molecule has 2 N–H and O–H groups in total. The zero-order chi connectivity index (χ0) is 19.1. The Hall–Kier alpha value is -2.50. The molecule has 0 unspecified atom stereocenters. The number of aliphatic carboxylic acids is 1. The van der Waals surface area contributed by atoms with Gasteiger partial charge in [0.05, 0.1) is 26.1 Å². The molecule has 27 heavy (non-hydrogen) atoms. The van der Waals surface area contributed by atoms with Crippen molar-refractivity contribution in [3.05, 3.63) is 35.9 Å². The Morgan fingerprint density at radius 2 is 1.74 bits per heavy atom. The van der Waals surface area contributed by atoms with Crippen molar-refractivity contribution in [2.24, 2.45) is 35.5 Å². The summed E-state index contributed by atoms with van der Waals surface area (Å²) in [6, 6.07) is 5.67. The summed E-state index contributed by atoms with van der Waals surface area (Å²) < 4.78 is 10.5. The molecule has 0 spiro atoms. The molecule has 2 bridgehead atoms. The molecule has 0 aromatic heterocycles. The number of carboxylic acid groups (broad SMARTS) is 1. The van der Waals surface area contributed by atoms with Gasteiger partial charge in [-0.3, -0.25) is 9.59 Å². The Kier molecular flexibility index (Phi) is 4.58. The van der Waals surface area contributed by atoms with E-state index in [0.29, 0.717) is 36.3 Å². The molecule has 2 fully saturated rings. The van der Waals surface area contributed by atoms with Gasteiger partial charge in [0.25, 0.3) is 0 Å². The fourth-order valence-corrected chi connectivity index (χ4v) is 5.05. The quantitative estimate of drug-likeness (QED) is 0.718. The monoisotopic (exact) mass is 371 g/mol. The molecule has 0 radical (unpaired) electrons. The number of hydrogen-bond acceptors (Lipinski definition) is 4. The number of rotatable bonds is 7. The maximum absolute atomic E-state index is 12.8. The SMILES string of the molecule is COc1ccc(CCNC(=O)[C@@H]2[C@H]3C=C[C@@H]([C@@H]4C[C@@H]34)[C@H]2C(=O)O)cc1OC. The number of carbonyl (C=O) groups is 2. The second-order valence-electron chi connectivity index (χ2n) is 7.72. The van der Waals surface area contributed by atoms with E-state index in [1.807, 2.05) is 24.3 Å². The number of hydrogen-bond donors (Lipinski definition) is 2. The number of amides is 1. The van der Waals surface area contributed by atoms with Crippen LogP contribution < -0.4 is 14.8 Å². The van der Waals surface area contributed by atoms with Crippen LogP contribution in [0.2, 0.25) is 0 Å². The molecular formula is C21H25NO5. The van der Waals surface area contributed by atoms with Crippen LogP contribution in [0.15, 0.2) is 30.4 Å². The lowest BCUT2D eigenvalue weighted by Crippen LogP contribution is -2.50. The van der Waals surface area contributed by atoms with Crippen molar-refractivity contribution in [3.63, 3.8) is 0 Å². The lowest BCUT2D eigenvalue weighted by Gasteiger charge is -2.41. The maximum atomic E-state index is 12.8. The van der Waals surface area contributed by atoms with Crippen molar-refractivity contribution in [2.45, 2.75) is 12.8 Å². The van der Waals surface area contributed by atoms with Crippen molar-refractivity contribution in [1.82, 2.24) is 5.32 Å². The molecule has 2 saturated carbocycles. The Bertz CT molecular complexity index is 789. The standard InChI is InChI=1S/C21H25NO5/c1-26-16-6-3-11(9-17(16)27-2)7-8-22-20(23)18-12-4-5-13(15-10-14(12)15)19(18)21(24)25/h3-6,9,12-15,18-19H,7-8,10H2,1-2H3,(H,22,23)(H,24,25)/t12-,13-,14-,15-,18+,19+/m0/s1. The van der Waals surface area contributed by atoms with Crippen LogP contribution in [0.4, 0.5) is 0 Å². The summed E-state index contributed by atoms with van der Waals surface area (Å²) in [6.45, 7) is 0.465. The molecule has 1 aromatic rings. The smallest absolute Gasteiger partial charge is 0.307 e. The zero-order valence-electron chi connectivity index (χ0n) is 15.6. The summed E-state index contributed by atoms with van der Waals surface area (Å²) in [5.41, 5.74) is 1.02. The maximum Gasteiger partial charge on any atom is 0.307 e. The highest BCUT2D eigenvalue weighted by molar-refractivity contribution is 5.86. The van der Waals surface area contributed by atoms with Gasteiger partial charge in [0.15, 0.2) is 11.5 Å². The van der Waals surface area contributed by atoms with Crippen molar-refractivity contribution in [1.29, 1.82) is 0 Å². The van der Waals surface area contributed by atoms with Crippen LogP contribution in [0.25, 0.3) is 0 Å². The van der Waals surface area contributed by atoms with Crippen molar-refractivity contribution >= 4 is 11.9 Å². The largest absolute Gasteiger partial charge is 0.493 e. The van der Waals surface area contributed by atoms with Crippen LogP contribution in [0.5, 0.6) is 11.5 Å². The second-order valence-corrected chi connectivity index (χ2v) is 7.72. The summed E-state index contributed by atoms with van der Waals surface area (Å²) in [4.78, 5) is 24.6. The molecule has 144 valence electrons. The number of fused-ring (bicyclic) bond motifs is 1. The Morgan fingerprint density at radius 3 is 2.37 bits per heavy atom. The molecule has 4 aliphatic carbocycles. The molecule has 1 aromatic carbocycles. The predicted octanol–water partition coefficient (Wildman–Crippen LogP) is 2.13. The van der Waals surface area contributed by atoms with Gasteiger partial charge in [-0.05, 0) is 54.2 Å². The Morgan fingerprint density at radius 1 is 1.07 bits per heavy atom. The van der Waals surface area contributed by atoms with Gasteiger partial charge in [-0.25, -0.2) is 0 Å². The molecule has 1 amide bonds. The van der Waals surface area contributed by atoms with Gasteiger partial charge in [-0.2, -0.15) is 0 Å². The highest BCUT2D eigenvalue weighted by Crippen LogP contribution is 2.63. The van der Waals surface area contributed by atoms with Crippen LogP contribution in [-0.4, -0.2) is 37.7 Å². The molecule has 5 rings (SSSR count). The fourth-order valence-electron chi connectivity index (χ4n) is 5.05. The lowest BCUT2D eigenvalue weighted by atomic mass is 9.62. The third-order valence-electron chi connectivity index (χ3n) is 6.40. The zero-order valence-corrected chi connectivity index (χ0v) is 15.6. The molecule has 0 saturated heterocycles. The van der Waals surface area contributed by atoms with Gasteiger partial charge in [0, 0.05) is 6.54 Å². The van der Waals surface area contributed by atoms with Crippen molar-refractivity contribution < 1.29 is 24.2 Å². The number of allylic oxidation sites excluding steroid dienone is 2. The summed E-state index contributed by atoms with van der Waals surface area (Å²) >= 11 is 0. The van der Waals surface area contributed by atoms with E-state index in [1.165, 1.54) is 0 Å². The highest BCUT2D eigenvalue weighted by atomic mass is 16.5. The van der Waals surface area contributed by atoms with E-state index in [1.54, 1.807) is 14.2 Å². The number of nitrogens with one attached hydrogen (secondary N) is 1. The van der Waals surface area contributed by atoms with E-state index >= 15 is 0 Å². The number of carbonyl (C=O) groups excluding carboxylic acids is 1. The van der Waals surface area contributed by atoms with Gasteiger partial charge in [-0.15, -0.1) is 0 Å². The van der Waals surface area contributed by atoms with Crippen LogP contribution in [0.1, 0.15) is 12.0 Å². The number of methoxy groups -OCH3 is 2. The summed E-state index contributed by atoms with van der Waals surface area (Å²) in [7, 11) is 3.18. The average molecular weight is 371 g/mol. The molecule has 0 aliphatic heterocycles. The molecule has 6 heteroatoms. The van der Waals surface area contributed by atoms with Crippen molar-refractivity contribution in [2.75, 3.05) is 20.8 Å². The highest BCUT2D eigenvalue weighted by Gasteiger charge is 2.62. The number of ether oxygens (including phenoxy) is 2. The van der Waals surface area contributed by atoms with Gasteiger partial charge >= 0.3 is 5.97 Å². The van der Waals surface area contributed by atoms with Gasteiger partial charge in [0.2, 0.25) is 5.91 Å². The minimum absolute atomic E-state index is 0.0131. The van der Waals surface area contributed by atoms with Gasteiger partial charge in [0.1, 0.15) is 0 Å². The van der Waals surface area contributed by atoms with E-state index < -0.39 is 17.8 Å². The second kappa shape index (κ2) is 6.91. The normalized spacial score (nSPS) is 32.5. The van der Waals surface area contributed by atoms with E-state index in [2.05, 4.69) is 11.4 Å². The number of carboxylic acids is 1. The fraction of sp³-hybridized carbons (Fsp3) is 0.524. The molecule has 6 nitrogen and oxygen atoms in total. The van der Waals surface area contributed by atoms with E-state index in [0.717, 1.165) is 12.0 Å². The van der Waals surface area contributed by atoms with Gasteiger partial charge in [-0.1, -0.05) is 18.2 Å². The lowest BCUT2D eigenvalue weighted by molar-refractivity contribution is -0.153. The predicted molar refractivity (Wildman–Crippen MR) is 98.6 cm³/mol. The van der Waals surface area contributed by atoms with Crippen LogP contribution in [0, 0.1) is 35.5 Å². The first-order valence-corrected chi connectivity index (χ1v) is 9.45. The minimum atomic E-state index is -0.847. The topological polar surface area (TPSA) is 84.9 Å². The van der Waals surface area contributed by atoms with Crippen LogP contribution in [0.3, 0.4) is 0 Å². The summed E-state index contributed by atoms with van der Waals surface area (Å²) in [5, 5.41) is 12.7. The first kappa shape index (κ1) is 17.9. The third kappa shape index (κ3) is 3.07. The summed E-state index contributed by atoms with van der Waals surface area (Å²) in [6.07, 6.45) is 5.82. The molecular weight excluding hydrogens is 346 g/mol. The van der Waals surface area contributed by atoms with E-state index in [4.69, 9.17) is 9.47 Å². The van der Waals surface area contributed by atoms with Gasteiger partial charge < -0.3 is 19.9 Å². The Labute approximate surface area is 158 Å². The third-order valence-corrected chi connectivity index (χ3v) is 6.40. The minimum Gasteiger partial charge on any atom is -0.493 e. The van der Waals surface area contributed by atoms with Crippen LogP contribution in [-0.2, 0) is 16.0 Å². The van der Waals surface area contributed by atoms with E-state index in [-0.39, 0.29) is 17.7 Å².